The molecule has 1 amide bonds. The summed E-state index contributed by atoms with van der Waals surface area (Å²) in [6.07, 6.45) is 2.40. The fourth-order valence-electron chi connectivity index (χ4n) is 3.48. The lowest BCUT2D eigenvalue weighted by Crippen LogP contribution is -2.32. The van der Waals surface area contributed by atoms with Crippen LogP contribution in [0.5, 0.6) is 5.75 Å². The molecule has 1 heterocycles. The molecule has 0 saturated heterocycles. The Hall–Kier alpha value is -3.50. The minimum absolute atomic E-state index is 0.00668. The van der Waals surface area contributed by atoms with Gasteiger partial charge < -0.3 is 29.7 Å². The van der Waals surface area contributed by atoms with Gasteiger partial charge in [-0.3, -0.25) is 9.59 Å². The first-order chi connectivity index (χ1) is 17.6. The highest BCUT2D eigenvalue weighted by Crippen LogP contribution is 2.30. The number of ether oxygens (including phenoxy) is 3. The molecule has 0 fully saturated rings. The average molecular weight is 518 g/mol. The second kappa shape index (κ2) is 14.3. The highest BCUT2D eigenvalue weighted by molar-refractivity contribution is 5.98. The maximum Gasteiger partial charge on any atom is 0.412 e. The molecule has 2 rings (SSSR count). The average Bonchev–Trinajstić information content (AvgIpc) is 2.87. The van der Waals surface area contributed by atoms with Crippen LogP contribution < -0.4 is 10.1 Å². The van der Waals surface area contributed by atoms with Crippen molar-refractivity contribution in [1.82, 2.24) is 5.32 Å². The van der Waals surface area contributed by atoms with Crippen molar-refractivity contribution < 1.29 is 43.6 Å². The van der Waals surface area contributed by atoms with E-state index in [-0.39, 0.29) is 36.7 Å². The van der Waals surface area contributed by atoms with Gasteiger partial charge in [-0.25, -0.2) is 9.59 Å². The number of amides is 1. The highest BCUT2D eigenvalue weighted by atomic mass is 16.6. The zero-order valence-electron chi connectivity index (χ0n) is 21.6. The lowest BCUT2D eigenvalue weighted by atomic mass is 9.97. The van der Waals surface area contributed by atoms with E-state index in [1.165, 1.54) is 25.3 Å². The van der Waals surface area contributed by atoms with Crippen LogP contribution in [-0.4, -0.2) is 66.0 Å². The molecule has 10 heteroatoms. The number of cyclic esters (lactones) is 1. The van der Waals surface area contributed by atoms with Gasteiger partial charge in [0.1, 0.15) is 23.5 Å². The SMILES string of the molecule is CCC(=O)OCCCc1cc2c(c(OC(=O)NC)c1)C(=O)O[C@@H](C)[C@H](C)/C=C\C(=O)[C@@H](O)[C@@H](O)C/C=C/2. The molecule has 3 N–H and O–H groups in total. The molecule has 0 bridgehead atoms. The molecule has 1 aromatic carbocycles. The number of rotatable bonds is 6. The molecular weight excluding hydrogens is 482 g/mol. The Morgan fingerprint density at radius 1 is 1.16 bits per heavy atom. The van der Waals surface area contributed by atoms with Crippen LogP contribution in [-0.2, 0) is 25.5 Å². The summed E-state index contributed by atoms with van der Waals surface area (Å²) in [4.78, 5) is 49.0. The summed E-state index contributed by atoms with van der Waals surface area (Å²) >= 11 is 0. The summed E-state index contributed by atoms with van der Waals surface area (Å²) in [7, 11) is 1.38. The number of carbonyl (C=O) groups excluding carboxylic acids is 4. The normalized spacial score (nSPS) is 24.2. The number of carbonyl (C=O) groups is 4. The predicted octanol–water partition coefficient (Wildman–Crippen LogP) is 2.74. The van der Waals surface area contributed by atoms with E-state index in [9.17, 15) is 29.4 Å². The van der Waals surface area contributed by atoms with Crippen LogP contribution in [0.25, 0.3) is 6.08 Å². The zero-order chi connectivity index (χ0) is 27.5. The number of fused-ring (bicyclic) bond motifs is 1. The fourth-order valence-corrected chi connectivity index (χ4v) is 3.48. The van der Waals surface area contributed by atoms with Gasteiger partial charge in [0.15, 0.2) is 5.78 Å². The Morgan fingerprint density at radius 3 is 2.57 bits per heavy atom. The number of hydrogen-bond acceptors (Lipinski definition) is 9. The largest absolute Gasteiger partial charge is 0.466 e. The molecule has 0 radical (unpaired) electrons. The molecule has 202 valence electrons. The first-order valence-electron chi connectivity index (χ1n) is 12.2. The van der Waals surface area contributed by atoms with Crippen LogP contribution in [0.3, 0.4) is 0 Å². The van der Waals surface area contributed by atoms with Crippen LogP contribution in [0, 0.1) is 5.92 Å². The monoisotopic (exact) mass is 517 g/mol. The van der Waals surface area contributed by atoms with E-state index in [0.717, 1.165) is 6.08 Å². The molecule has 0 unspecified atom stereocenters. The molecule has 10 nitrogen and oxygen atoms in total. The molecule has 1 aromatic rings. The Balaban J connectivity index is 2.52. The molecule has 37 heavy (non-hydrogen) atoms. The maximum atomic E-state index is 13.3. The molecule has 0 aliphatic carbocycles. The van der Waals surface area contributed by atoms with E-state index in [1.807, 2.05) is 0 Å². The third-order valence-corrected chi connectivity index (χ3v) is 5.89. The van der Waals surface area contributed by atoms with E-state index in [0.29, 0.717) is 24.0 Å². The van der Waals surface area contributed by atoms with Crippen molar-refractivity contribution in [1.29, 1.82) is 0 Å². The van der Waals surface area contributed by atoms with Gasteiger partial charge in [-0.05, 0) is 49.5 Å². The molecule has 0 aromatic heterocycles. The van der Waals surface area contributed by atoms with Crippen molar-refractivity contribution in [2.45, 2.75) is 64.8 Å². The first kappa shape index (κ1) is 29.7. The summed E-state index contributed by atoms with van der Waals surface area (Å²) in [5.41, 5.74) is 1.06. The van der Waals surface area contributed by atoms with E-state index in [4.69, 9.17) is 14.2 Å². The predicted molar refractivity (Wildman–Crippen MR) is 135 cm³/mol. The smallest absolute Gasteiger partial charge is 0.412 e. The van der Waals surface area contributed by atoms with E-state index < -0.39 is 42.1 Å². The van der Waals surface area contributed by atoms with Gasteiger partial charge in [0.05, 0.1) is 12.7 Å². The number of aliphatic hydroxyl groups is 2. The Bertz CT molecular complexity index is 1050. The van der Waals surface area contributed by atoms with Gasteiger partial charge in [-0.2, -0.15) is 0 Å². The Kier molecular flexibility index (Phi) is 11.5. The summed E-state index contributed by atoms with van der Waals surface area (Å²) in [5.74, 6) is -2.12. The van der Waals surface area contributed by atoms with Crippen molar-refractivity contribution >= 4 is 29.9 Å². The summed E-state index contributed by atoms with van der Waals surface area (Å²) in [6.45, 7) is 5.28. The van der Waals surface area contributed by atoms with Crippen molar-refractivity contribution in [3.8, 4) is 5.75 Å². The molecule has 0 saturated carbocycles. The van der Waals surface area contributed by atoms with Crippen LogP contribution in [0.4, 0.5) is 4.79 Å². The Morgan fingerprint density at radius 2 is 1.89 bits per heavy atom. The van der Waals surface area contributed by atoms with Gasteiger partial charge in [0.2, 0.25) is 0 Å². The quantitative estimate of drug-likeness (QED) is 0.382. The van der Waals surface area contributed by atoms with Crippen LogP contribution >= 0.6 is 0 Å². The standard InChI is InChI=1S/C27H35NO9/c1-5-23(31)35-13-7-8-18-14-19-9-6-10-20(29)25(32)21(30)12-11-16(2)17(3)36-26(33)24(19)22(15-18)37-27(34)28-4/h6,9,11-12,14-17,20,25,29,32H,5,7-8,10,13H2,1-4H3,(H,28,34)/b9-6+,12-11-/t16-,17+,20+,25+/m1/s1. The highest BCUT2D eigenvalue weighted by Gasteiger charge is 2.26. The van der Waals surface area contributed by atoms with Crippen molar-refractivity contribution in [3.63, 3.8) is 0 Å². The third kappa shape index (κ3) is 8.83. The van der Waals surface area contributed by atoms with Gasteiger partial charge >= 0.3 is 18.0 Å². The minimum atomic E-state index is -1.61. The summed E-state index contributed by atoms with van der Waals surface area (Å²) in [6, 6.07) is 3.26. The van der Waals surface area contributed by atoms with Gasteiger partial charge in [0, 0.05) is 19.4 Å². The van der Waals surface area contributed by atoms with E-state index in [1.54, 1.807) is 32.9 Å². The van der Waals surface area contributed by atoms with Crippen molar-refractivity contribution in [2.24, 2.45) is 5.92 Å². The first-order valence-corrected chi connectivity index (χ1v) is 12.2. The summed E-state index contributed by atoms with van der Waals surface area (Å²) < 4.78 is 16.1. The van der Waals surface area contributed by atoms with Crippen molar-refractivity contribution in [3.05, 3.63) is 47.1 Å². The number of benzene rings is 1. The van der Waals surface area contributed by atoms with E-state index >= 15 is 0 Å². The number of esters is 2. The van der Waals surface area contributed by atoms with Gasteiger partial charge in [0.25, 0.3) is 0 Å². The topological polar surface area (TPSA) is 148 Å². The number of ketones is 1. The van der Waals surface area contributed by atoms with Crippen LogP contribution in [0.15, 0.2) is 30.4 Å². The number of aliphatic hydroxyl groups excluding tert-OH is 2. The molecular formula is C27H35NO9. The molecule has 0 spiro atoms. The second-order valence-electron chi connectivity index (χ2n) is 8.76. The van der Waals surface area contributed by atoms with Crippen molar-refractivity contribution in [2.75, 3.05) is 13.7 Å². The number of hydrogen-bond donors (Lipinski definition) is 3. The number of aryl methyl sites for hydroxylation is 1. The maximum absolute atomic E-state index is 13.3. The lowest BCUT2D eigenvalue weighted by molar-refractivity contribution is -0.143. The minimum Gasteiger partial charge on any atom is -0.466 e. The lowest BCUT2D eigenvalue weighted by Gasteiger charge is -2.21. The molecule has 1 aliphatic heterocycles. The van der Waals surface area contributed by atoms with Gasteiger partial charge in [-0.1, -0.05) is 38.1 Å². The fraction of sp³-hybridized carbons (Fsp3) is 0.481. The van der Waals surface area contributed by atoms with E-state index in [2.05, 4.69) is 5.32 Å². The zero-order valence-corrected chi connectivity index (χ0v) is 21.6. The second-order valence-corrected chi connectivity index (χ2v) is 8.76. The Labute approximate surface area is 216 Å². The third-order valence-electron chi connectivity index (χ3n) is 5.89. The van der Waals surface area contributed by atoms with Gasteiger partial charge in [-0.15, -0.1) is 0 Å². The molecule has 4 atom stereocenters. The number of nitrogens with one attached hydrogen (secondary N) is 1. The molecule has 1 aliphatic rings. The van der Waals surface area contributed by atoms with Crippen LogP contribution in [0.1, 0.15) is 61.5 Å². The summed E-state index contributed by atoms with van der Waals surface area (Å²) in [5, 5.41) is 22.8. The van der Waals surface area contributed by atoms with Crippen LogP contribution in [0.2, 0.25) is 0 Å².